The molecule has 12 heteroatoms. The van der Waals surface area contributed by atoms with E-state index in [2.05, 4.69) is 0 Å². The van der Waals surface area contributed by atoms with Crippen molar-refractivity contribution < 1.29 is 49.8 Å². The highest BCUT2D eigenvalue weighted by Gasteiger charge is 2.59. The van der Waals surface area contributed by atoms with Crippen LogP contribution in [0, 0.1) is 24.1 Å². The maximum absolute atomic E-state index is 13.0. The van der Waals surface area contributed by atoms with Gasteiger partial charge in [-0.05, 0) is 56.2 Å². The minimum Gasteiger partial charge on any atom is -0.468 e. The Morgan fingerprint density at radius 1 is 1.03 bits per heavy atom. The molecule has 4 atom stereocenters. The first-order valence-electron chi connectivity index (χ1n) is 12.0. The predicted molar refractivity (Wildman–Crippen MR) is 126 cm³/mol. The lowest BCUT2D eigenvalue weighted by atomic mass is 9.83. The van der Waals surface area contributed by atoms with Gasteiger partial charge in [0.25, 0.3) is 0 Å². The van der Waals surface area contributed by atoms with Gasteiger partial charge in [0.2, 0.25) is 5.91 Å². The van der Waals surface area contributed by atoms with Crippen LogP contribution in [0.15, 0.2) is 42.5 Å². The highest BCUT2D eigenvalue weighted by Crippen LogP contribution is 2.45. The number of hydrogen-bond acceptors (Lipinski definition) is 4. The van der Waals surface area contributed by atoms with Crippen molar-refractivity contribution in [2.24, 2.45) is 11.3 Å². The summed E-state index contributed by atoms with van der Waals surface area (Å²) in [5.74, 6) is -1.53. The Morgan fingerprint density at radius 3 is 2.00 bits per heavy atom. The zero-order valence-electron chi connectivity index (χ0n) is 21.6. The molecule has 0 saturated carbocycles. The maximum Gasteiger partial charge on any atom is 0.416 e. The zero-order valence-corrected chi connectivity index (χ0v) is 21.6. The quantitative estimate of drug-likeness (QED) is 0.254. The molecule has 2 aromatic carbocycles. The number of carbonyl (C=O) groups excluding carboxylic acids is 2. The fraction of sp³-hybridized carbons (Fsp3) is 0.481. The highest BCUT2D eigenvalue weighted by molar-refractivity contribution is 6.04. The number of nitrogens with zero attached hydrogens (tertiary/aromatic N) is 1. The number of methoxy groups -OCH3 is 1. The van der Waals surface area contributed by atoms with Crippen LogP contribution < -0.4 is 0 Å². The van der Waals surface area contributed by atoms with Crippen LogP contribution in [0.3, 0.4) is 0 Å². The molecule has 2 aliphatic rings. The van der Waals surface area contributed by atoms with Crippen LogP contribution in [-0.2, 0) is 38.0 Å². The molecule has 5 nitrogen and oxygen atoms in total. The van der Waals surface area contributed by atoms with E-state index in [9.17, 15) is 40.3 Å². The number of ether oxygens (including phenoxy) is 2. The van der Waals surface area contributed by atoms with Crippen molar-refractivity contribution in [1.29, 1.82) is 0 Å². The third-order valence-electron chi connectivity index (χ3n) is 7.08. The summed E-state index contributed by atoms with van der Waals surface area (Å²) in [6.45, 7) is 4.79. The van der Waals surface area contributed by atoms with Crippen molar-refractivity contribution in [3.05, 3.63) is 70.5 Å². The van der Waals surface area contributed by atoms with E-state index in [4.69, 9.17) is 9.47 Å². The average molecular weight is 564 g/mol. The molecule has 0 bridgehead atoms. The van der Waals surface area contributed by atoms with Gasteiger partial charge in [-0.15, -0.1) is 0 Å². The summed E-state index contributed by atoms with van der Waals surface area (Å²) in [5.41, 5.74) is -3.32. The van der Waals surface area contributed by atoms with Gasteiger partial charge in [0.15, 0.2) is 0 Å². The fourth-order valence-electron chi connectivity index (χ4n) is 4.82. The van der Waals surface area contributed by atoms with E-state index in [1.54, 1.807) is 19.1 Å². The molecule has 2 aromatic rings. The SMILES string of the molecule is COC(=O)C1(C)CC2C(C)C(OCc3cc(C(F)(F)F)cc(C(F)(F)F)c3)CN2C1=O.Cc1ccc(F)cc1. The molecule has 39 heavy (non-hydrogen) atoms. The van der Waals surface area contributed by atoms with E-state index in [-0.39, 0.29) is 42.4 Å². The van der Waals surface area contributed by atoms with Gasteiger partial charge >= 0.3 is 18.3 Å². The van der Waals surface area contributed by atoms with Crippen LogP contribution in [0.1, 0.15) is 42.5 Å². The third kappa shape index (κ3) is 6.71. The molecule has 2 heterocycles. The molecule has 0 aromatic heterocycles. The molecule has 2 fully saturated rings. The molecule has 2 saturated heterocycles. The van der Waals surface area contributed by atoms with Crippen molar-refractivity contribution in [2.45, 2.75) is 58.3 Å². The first-order chi connectivity index (χ1) is 18.0. The van der Waals surface area contributed by atoms with E-state index in [0.29, 0.717) is 12.1 Å². The van der Waals surface area contributed by atoms with Crippen LogP contribution in [0.4, 0.5) is 30.7 Å². The molecule has 0 radical (unpaired) electrons. The predicted octanol–water partition coefficient (Wildman–Crippen LogP) is 6.17. The van der Waals surface area contributed by atoms with Gasteiger partial charge in [0, 0.05) is 18.5 Å². The van der Waals surface area contributed by atoms with Gasteiger partial charge in [0.1, 0.15) is 11.2 Å². The molecule has 4 rings (SSSR count). The fourth-order valence-corrected chi connectivity index (χ4v) is 4.82. The lowest BCUT2D eigenvalue weighted by Crippen LogP contribution is -2.40. The third-order valence-corrected chi connectivity index (χ3v) is 7.08. The summed E-state index contributed by atoms with van der Waals surface area (Å²) in [6, 6.07) is 7.36. The van der Waals surface area contributed by atoms with Gasteiger partial charge in [-0.25, -0.2) is 4.39 Å². The van der Waals surface area contributed by atoms with Crippen LogP contribution >= 0.6 is 0 Å². The zero-order chi connectivity index (χ0) is 29.3. The monoisotopic (exact) mass is 563 g/mol. The van der Waals surface area contributed by atoms with Crippen LogP contribution in [-0.4, -0.2) is 42.6 Å². The highest BCUT2D eigenvalue weighted by atomic mass is 19.4. The molecule has 4 unspecified atom stereocenters. The first-order valence-corrected chi connectivity index (χ1v) is 12.0. The van der Waals surface area contributed by atoms with Crippen LogP contribution in [0.2, 0.25) is 0 Å². The van der Waals surface area contributed by atoms with E-state index < -0.39 is 53.5 Å². The summed E-state index contributed by atoms with van der Waals surface area (Å²) < 4.78 is 101. The minimum atomic E-state index is -4.94. The topological polar surface area (TPSA) is 55.8 Å². The number of carbonyl (C=O) groups is 2. The second-order valence-corrected chi connectivity index (χ2v) is 9.97. The molecule has 0 spiro atoms. The minimum absolute atomic E-state index is 0.0596. The van der Waals surface area contributed by atoms with Gasteiger partial charge in [-0.2, -0.15) is 26.3 Å². The summed E-state index contributed by atoms with van der Waals surface area (Å²) in [4.78, 5) is 26.2. The van der Waals surface area contributed by atoms with Crippen LogP contribution in [0.5, 0.6) is 0 Å². The van der Waals surface area contributed by atoms with Crippen molar-refractivity contribution in [3.8, 4) is 0 Å². The number of hydrogen-bond donors (Lipinski definition) is 0. The Labute approximate surface area is 220 Å². The first kappa shape index (κ1) is 30.4. The lowest BCUT2D eigenvalue weighted by molar-refractivity contribution is -0.158. The Kier molecular flexibility index (Phi) is 8.69. The number of halogens is 7. The van der Waals surface area contributed by atoms with Crippen molar-refractivity contribution in [2.75, 3.05) is 13.7 Å². The van der Waals surface area contributed by atoms with Gasteiger partial charge in [-0.1, -0.05) is 24.6 Å². The van der Waals surface area contributed by atoms with E-state index in [0.717, 1.165) is 5.56 Å². The summed E-state index contributed by atoms with van der Waals surface area (Å²) >= 11 is 0. The number of alkyl halides is 6. The van der Waals surface area contributed by atoms with E-state index in [1.807, 2.05) is 6.92 Å². The summed E-state index contributed by atoms with van der Waals surface area (Å²) in [6.07, 6.45) is -10.3. The summed E-state index contributed by atoms with van der Waals surface area (Å²) in [5, 5.41) is 0. The van der Waals surface area contributed by atoms with E-state index in [1.165, 1.54) is 31.1 Å². The van der Waals surface area contributed by atoms with Gasteiger partial charge < -0.3 is 14.4 Å². The molecule has 214 valence electrons. The van der Waals surface area contributed by atoms with E-state index >= 15 is 0 Å². The van der Waals surface area contributed by atoms with Gasteiger partial charge in [-0.3, -0.25) is 9.59 Å². The molecule has 0 N–H and O–H groups in total. The number of aryl methyl sites for hydroxylation is 1. The Bertz CT molecular complexity index is 1140. The Morgan fingerprint density at radius 2 is 1.56 bits per heavy atom. The smallest absolute Gasteiger partial charge is 0.416 e. The maximum atomic E-state index is 13.0. The lowest BCUT2D eigenvalue weighted by Gasteiger charge is -2.23. The second kappa shape index (κ2) is 11.1. The molecular weight excluding hydrogens is 535 g/mol. The number of fused-ring (bicyclic) bond motifs is 1. The number of rotatable bonds is 4. The number of esters is 1. The molecular formula is C27H28F7NO4. The number of benzene rings is 2. The van der Waals surface area contributed by atoms with Crippen molar-refractivity contribution in [1.82, 2.24) is 4.90 Å². The summed E-state index contributed by atoms with van der Waals surface area (Å²) in [7, 11) is 1.18. The normalized spacial score (nSPS) is 24.7. The second-order valence-electron chi connectivity index (χ2n) is 9.97. The number of amides is 1. The molecule has 1 amide bonds. The van der Waals surface area contributed by atoms with Crippen molar-refractivity contribution >= 4 is 11.9 Å². The van der Waals surface area contributed by atoms with Crippen LogP contribution in [0.25, 0.3) is 0 Å². The standard InChI is InChI=1S/C20H21F6NO4.C7H7F/c1-10-14-7-18(2,17(29)30-3)16(28)27(14)8-15(10)31-9-11-4-12(19(21,22)23)6-13(5-11)20(24,25)26;1-6-2-4-7(8)5-3-6/h4-6,10,14-15H,7-9H2,1-3H3;2-5H,1H3. The largest absolute Gasteiger partial charge is 0.468 e. The average Bonchev–Trinajstić information content (AvgIpc) is 3.30. The Balaban J connectivity index is 0.000000449. The van der Waals surface area contributed by atoms with Gasteiger partial charge in [0.05, 0.1) is 30.9 Å². The molecule has 2 aliphatic heterocycles. The molecule has 0 aliphatic carbocycles. The van der Waals surface area contributed by atoms with Crippen molar-refractivity contribution in [3.63, 3.8) is 0 Å². The Hall–Kier alpha value is -3.15.